The number of benzene rings is 2. The molecule has 0 radical (unpaired) electrons. The average molecular weight is 480 g/mol. The summed E-state index contributed by atoms with van der Waals surface area (Å²) in [6, 6.07) is 16.1. The zero-order valence-electron chi connectivity index (χ0n) is 20.2. The smallest absolute Gasteiger partial charge is 0.252 e. The fourth-order valence-corrected chi connectivity index (χ4v) is 5.51. The number of rotatable bonds is 9. The number of amides is 1. The van der Waals surface area contributed by atoms with Crippen LogP contribution < -0.4 is 10.1 Å². The Morgan fingerprint density at radius 3 is 2.56 bits per heavy atom. The minimum atomic E-state index is 0.00234. The number of aromatic nitrogens is 1. The topological polar surface area (TPSA) is 67.6 Å². The largest absolute Gasteiger partial charge is 0.497 e. The van der Waals surface area contributed by atoms with Gasteiger partial charge in [0.2, 0.25) is 0 Å². The lowest BCUT2D eigenvalue weighted by Crippen LogP contribution is -2.38. The number of carbonyl (C=O) groups excluding carboxylic acids is 1. The van der Waals surface area contributed by atoms with Gasteiger partial charge in [0.25, 0.3) is 5.91 Å². The summed E-state index contributed by atoms with van der Waals surface area (Å²) in [6.45, 7) is 7.66. The third kappa shape index (κ3) is 6.21. The Kier molecular flexibility index (Phi) is 8.29. The molecule has 1 aromatic heterocycles. The van der Waals surface area contributed by atoms with Crippen LogP contribution >= 0.6 is 11.8 Å². The van der Waals surface area contributed by atoms with Gasteiger partial charge < -0.3 is 14.6 Å². The van der Waals surface area contributed by atoms with Crippen LogP contribution in [0, 0.1) is 19.8 Å². The molecule has 3 aromatic rings. The molecular weight excluding hydrogens is 446 g/mol. The molecule has 0 bridgehead atoms. The van der Waals surface area contributed by atoms with Crippen molar-refractivity contribution in [2.45, 2.75) is 43.9 Å². The van der Waals surface area contributed by atoms with E-state index in [0.717, 1.165) is 78.0 Å². The molecule has 1 aliphatic rings. The maximum atomic E-state index is 13.0. The first-order valence-electron chi connectivity index (χ1n) is 11.8. The molecule has 2 heterocycles. The van der Waals surface area contributed by atoms with Crippen LogP contribution in [0.2, 0.25) is 0 Å². The van der Waals surface area contributed by atoms with Crippen LogP contribution in [0.25, 0.3) is 0 Å². The summed E-state index contributed by atoms with van der Waals surface area (Å²) in [7, 11) is 1.69. The lowest BCUT2D eigenvalue weighted by molar-refractivity contribution is 0.0932. The van der Waals surface area contributed by atoms with E-state index in [2.05, 4.69) is 27.5 Å². The van der Waals surface area contributed by atoms with Gasteiger partial charge in [-0.1, -0.05) is 29.4 Å². The number of hydrogen-bond donors (Lipinski definition) is 1. The van der Waals surface area contributed by atoms with Gasteiger partial charge in [-0.3, -0.25) is 9.69 Å². The highest BCUT2D eigenvalue weighted by Crippen LogP contribution is 2.29. The Morgan fingerprint density at radius 1 is 1.15 bits per heavy atom. The first-order chi connectivity index (χ1) is 16.5. The van der Waals surface area contributed by atoms with Crippen molar-refractivity contribution in [3.05, 3.63) is 76.7 Å². The van der Waals surface area contributed by atoms with Gasteiger partial charge in [0, 0.05) is 29.3 Å². The van der Waals surface area contributed by atoms with E-state index in [1.165, 1.54) is 5.56 Å². The Hall–Kier alpha value is -2.77. The van der Waals surface area contributed by atoms with Crippen molar-refractivity contribution in [3.8, 4) is 5.75 Å². The number of carbonyl (C=O) groups is 1. The summed E-state index contributed by atoms with van der Waals surface area (Å²) in [5.41, 5.74) is 4.04. The highest BCUT2D eigenvalue weighted by Gasteiger charge is 2.21. The van der Waals surface area contributed by atoms with Crippen LogP contribution in [-0.2, 0) is 12.3 Å². The summed E-state index contributed by atoms with van der Waals surface area (Å²) < 4.78 is 10.5. The molecule has 1 saturated heterocycles. The maximum absolute atomic E-state index is 13.0. The first kappa shape index (κ1) is 24.4. The third-order valence-electron chi connectivity index (χ3n) is 6.51. The normalized spacial score (nSPS) is 14.8. The number of aryl methyl sites for hydroxylation is 2. The van der Waals surface area contributed by atoms with E-state index in [1.54, 1.807) is 18.9 Å². The summed E-state index contributed by atoms with van der Waals surface area (Å²) in [4.78, 5) is 16.5. The lowest BCUT2D eigenvalue weighted by Gasteiger charge is -2.32. The Bertz CT molecular complexity index is 1070. The second-order valence-corrected chi connectivity index (χ2v) is 9.88. The maximum Gasteiger partial charge on any atom is 0.252 e. The fourth-order valence-electron chi connectivity index (χ4n) is 4.31. The lowest BCUT2D eigenvalue weighted by atomic mass is 9.96. The van der Waals surface area contributed by atoms with Gasteiger partial charge in [0.1, 0.15) is 11.5 Å². The van der Waals surface area contributed by atoms with Crippen molar-refractivity contribution in [2.24, 2.45) is 5.92 Å². The molecule has 0 saturated carbocycles. The highest BCUT2D eigenvalue weighted by molar-refractivity contribution is 7.98. The number of hydrogen-bond acceptors (Lipinski definition) is 6. The molecule has 1 fully saturated rings. The van der Waals surface area contributed by atoms with E-state index < -0.39 is 0 Å². The second-order valence-electron chi connectivity index (χ2n) is 8.87. The van der Waals surface area contributed by atoms with Gasteiger partial charge in [-0.2, -0.15) is 0 Å². The molecule has 0 spiro atoms. The standard InChI is InChI=1S/C27H33N3O3S/c1-19-25(20(2)33-29-19)18-34-26-7-5-4-6-24(26)27(31)28-16-21-12-14-30(15-13-21)17-22-8-10-23(32-3)11-9-22/h4-11,21H,12-18H2,1-3H3,(H,28,31). The van der Waals surface area contributed by atoms with Crippen LogP contribution in [0.5, 0.6) is 5.75 Å². The Labute approximate surface area is 206 Å². The van der Waals surface area contributed by atoms with Gasteiger partial charge in [-0.15, -0.1) is 11.8 Å². The molecule has 7 heteroatoms. The molecule has 34 heavy (non-hydrogen) atoms. The fraction of sp³-hybridized carbons (Fsp3) is 0.407. The Morgan fingerprint density at radius 2 is 1.88 bits per heavy atom. The first-order valence-corrected chi connectivity index (χ1v) is 12.8. The second kappa shape index (κ2) is 11.6. The van der Waals surface area contributed by atoms with E-state index in [0.29, 0.717) is 5.92 Å². The highest BCUT2D eigenvalue weighted by atomic mass is 32.2. The van der Waals surface area contributed by atoms with Gasteiger partial charge >= 0.3 is 0 Å². The summed E-state index contributed by atoms with van der Waals surface area (Å²) in [5, 5.41) is 7.21. The summed E-state index contributed by atoms with van der Waals surface area (Å²) >= 11 is 1.65. The molecule has 1 amide bonds. The van der Waals surface area contributed by atoms with Crippen molar-refractivity contribution in [3.63, 3.8) is 0 Å². The predicted octanol–water partition coefficient (Wildman–Crippen LogP) is 5.23. The zero-order valence-corrected chi connectivity index (χ0v) is 21.0. The van der Waals surface area contributed by atoms with Gasteiger partial charge in [-0.25, -0.2) is 0 Å². The van der Waals surface area contributed by atoms with Gasteiger partial charge in [0.05, 0.1) is 18.4 Å². The average Bonchev–Trinajstić information content (AvgIpc) is 3.19. The van der Waals surface area contributed by atoms with Crippen LogP contribution in [0.15, 0.2) is 57.9 Å². The number of methoxy groups -OCH3 is 1. The molecule has 4 rings (SSSR count). The monoisotopic (exact) mass is 479 g/mol. The summed E-state index contributed by atoms with van der Waals surface area (Å²) in [6.07, 6.45) is 2.19. The van der Waals surface area contributed by atoms with Crippen molar-refractivity contribution >= 4 is 17.7 Å². The number of thioether (sulfide) groups is 1. The van der Waals surface area contributed by atoms with Crippen LogP contribution in [-0.4, -0.2) is 42.7 Å². The number of nitrogens with zero attached hydrogens (tertiary/aromatic N) is 2. The van der Waals surface area contributed by atoms with E-state index >= 15 is 0 Å². The summed E-state index contributed by atoms with van der Waals surface area (Å²) in [5.74, 6) is 2.98. The molecule has 0 aliphatic carbocycles. The quantitative estimate of drug-likeness (QED) is 0.424. The molecule has 6 nitrogen and oxygen atoms in total. The SMILES string of the molecule is COc1ccc(CN2CCC(CNC(=O)c3ccccc3SCc3c(C)noc3C)CC2)cc1. The molecule has 2 aromatic carbocycles. The molecule has 180 valence electrons. The number of nitrogens with one attached hydrogen (secondary N) is 1. The predicted molar refractivity (Wildman–Crippen MR) is 135 cm³/mol. The van der Waals surface area contributed by atoms with Crippen LogP contribution in [0.1, 0.15) is 45.8 Å². The van der Waals surface area contributed by atoms with E-state index in [9.17, 15) is 4.79 Å². The van der Waals surface area contributed by atoms with Crippen molar-refractivity contribution in [1.29, 1.82) is 0 Å². The number of likely N-dealkylation sites (tertiary alicyclic amines) is 1. The van der Waals surface area contributed by atoms with Gasteiger partial charge in [0.15, 0.2) is 0 Å². The molecular formula is C27H33N3O3S. The molecule has 1 N–H and O–H groups in total. The molecule has 1 aliphatic heterocycles. The van der Waals surface area contributed by atoms with Crippen molar-refractivity contribution in [1.82, 2.24) is 15.4 Å². The third-order valence-corrected chi connectivity index (χ3v) is 7.61. The number of ether oxygens (including phenoxy) is 1. The van der Waals surface area contributed by atoms with E-state index in [-0.39, 0.29) is 5.91 Å². The number of piperidine rings is 1. The van der Waals surface area contributed by atoms with E-state index in [4.69, 9.17) is 9.26 Å². The molecule has 0 atom stereocenters. The van der Waals surface area contributed by atoms with Gasteiger partial charge in [-0.05, 0) is 75.5 Å². The minimum absolute atomic E-state index is 0.00234. The molecule has 0 unspecified atom stereocenters. The minimum Gasteiger partial charge on any atom is -0.497 e. The van der Waals surface area contributed by atoms with Crippen molar-refractivity contribution in [2.75, 3.05) is 26.7 Å². The zero-order chi connectivity index (χ0) is 23.9. The van der Waals surface area contributed by atoms with Crippen molar-refractivity contribution < 1.29 is 14.1 Å². The Balaban J connectivity index is 1.25. The van der Waals surface area contributed by atoms with Crippen LogP contribution in [0.4, 0.5) is 0 Å². The van der Waals surface area contributed by atoms with Crippen LogP contribution in [0.3, 0.4) is 0 Å². The van der Waals surface area contributed by atoms with E-state index in [1.807, 2.05) is 50.2 Å².